The number of imidazole rings is 2. The summed E-state index contributed by atoms with van der Waals surface area (Å²) >= 11 is 0. The molecule has 0 spiro atoms. The Kier molecular flexibility index (Phi) is 7.97. The SMILES string of the molecule is c1ccc(-n2c(-c3cccc(-c4cc5c6c7c(cc(-c8cccc(-c9nc%10ccccc%10n9-c9ccccc9)c8)cc7n(-c7ccccc7)c6c4)CC5)c3)nc3ccccc32)cc1. The smallest absolute Gasteiger partial charge is 0.145 e. The van der Waals surface area contributed by atoms with Crippen LogP contribution in [-0.4, -0.2) is 23.7 Å². The van der Waals surface area contributed by atoms with E-state index in [1.807, 2.05) is 0 Å². The average molecular weight is 806 g/mol. The molecular formula is C58H39N5. The number of benzene rings is 9. The maximum Gasteiger partial charge on any atom is 0.145 e. The van der Waals surface area contributed by atoms with Crippen LogP contribution in [0.15, 0.2) is 212 Å². The van der Waals surface area contributed by atoms with Crippen molar-refractivity contribution in [2.45, 2.75) is 12.8 Å². The summed E-state index contributed by atoms with van der Waals surface area (Å²) < 4.78 is 7.05. The van der Waals surface area contributed by atoms with Crippen molar-refractivity contribution < 1.29 is 0 Å². The van der Waals surface area contributed by atoms with E-state index in [1.165, 1.54) is 55.2 Å². The van der Waals surface area contributed by atoms with Crippen LogP contribution >= 0.6 is 0 Å². The molecule has 0 radical (unpaired) electrons. The molecule has 1 aliphatic rings. The van der Waals surface area contributed by atoms with Crippen LogP contribution in [0.4, 0.5) is 0 Å². The summed E-state index contributed by atoms with van der Waals surface area (Å²) in [6.07, 6.45) is 1.94. The van der Waals surface area contributed by atoms with Gasteiger partial charge >= 0.3 is 0 Å². The van der Waals surface area contributed by atoms with Crippen molar-refractivity contribution in [1.29, 1.82) is 0 Å². The lowest BCUT2D eigenvalue weighted by Gasteiger charge is -2.17. The van der Waals surface area contributed by atoms with E-state index in [9.17, 15) is 0 Å². The summed E-state index contributed by atoms with van der Waals surface area (Å²) in [4.78, 5) is 10.4. The standard InChI is InChI=1S/C58H39N5/c1-4-20-46(21-5-1)61-53-36-44(38-16-14-18-42(32-38)57-59-49-26-10-12-28-51(49)62(57)47-22-6-2-7-23-47)34-40-30-31-41-35-45(37-54(61)56(41)55(40)53)39-17-15-19-43(33-39)58-60-50-27-11-13-29-52(50)63(58)48-24-8-3-9-25-48/h1-29,32-37H,30-31H2. The second-order valence-electron chi connectivity index (χ2n) is 16.6. The molecule has 0 N–H and O–H groups in total. The predicted octanol–water partition coefficient (Wildman–Crippen LogP) is 14.2. The maximum atomic E-state index is 5.21. The van der Waals surface area contributed by atoms with Crippen LogP contribution in [0.5, 0.6) is 0 Å². The molecule has 0 bridgehead atoms. The summed E-state index contributed by atoms with van der Waals surface area (Å²) in [5.41, 5.74) is 19.7. The number of aryl methyl sites for hydroxylation is 2. The van der Waals surface area contributed by atoms with E-state index in [0.29, 0.717) is 0 Å². The van der Waals surface area contributed by atoms with Gasteiger partial charge in [0, 0.05) is 39.0 Å². The van der Waals surface area contributed by atoms with E-state index in [4.69, 9.17) is 9.97 Å². The Balaban J connectivity index is 0.981. The van der Waals surface area contributed by atoms with Gasteiger partial charge in [0.15, 0.2) is 0 Å². The van der Waals surface area contributed by atoms with Gasteiger partial charge in [0.2, 0.25) is 0 Å². The third-order valence-corrected chi connectivity index (χ3v) is 12.9. The lowest BCUT2D eigenvalue weighted by Crippen LogP contribution is -2.00. The van der Waals surface area contributed by atoms with Crippen molar-refractivity contribution in [1.82, 2.24) is 23.7 Å². The molecule has 0 unspecified atom stereocenters. The zero-order valence-corrected chi connectivity index (χ0v) is 34.4. The molecule has 3 aromatic heterocycles. The van der Waals surface area contributed by atoms with E-state index in [2.05, 4.69) is 226 Å². The van der Waals surface area contributed by atoms with Crippen molar-refractivity contribution in [2.24, 2.45) is 0 Å². The highest BCUT2D eigenvalue weighted by Crippen LogP contribution is 2.45. The van der Waals surface area contributed by atoms with Gasteiger partial charge in [-0.15, -0.1) is 0 Å². The van der Waals surface area contributed by atoms with E-state index < -0.39 is 0 Å². The Morgan fingerprint density at radius 3 is 1.11 bits per heavy atom. The fourth-order valence-electron chi connectivity index (χ4n) is 10.1. The third kappa shape index (κ3) is 5.70. The van der Waals surface area contributed by atoms with Crippen LogP contribution in [0.2, 0.25) is 0 Å². The number of nitrogens with zero attached hydrogens (tertiary/aromatic N) is 5. The number of rotatable bonds is 7. The molecule has 3 heterocycles. The number of para-hydroxylation sites is 7. The van der Waals surface area contributed by atoms with Gasteiger partial charge in [-0.2, -0.15) is 0 Å². The summed E-state index contributed by atoms with van der Waals surface area (Å²) in [6, 6.07) is 76.3. The molecule has 0 aliphatic heterocycles. The van der Waals surface area contributed by atoms with Crippen LogP contribution in [0.25, 0.3) is 106 Å². The average Bonchev–Trinajstić information content (AvgIpc) is 4.05. The highest BCUT2D eigenvalue weighted by Gasteiger charge is 2.25. The van der Waals surface area contributed by atoms with E-state index in [1.54, 1.807) is 0 Å². The molecule has 9 aromatic carbocycles. The number of hydrogen-bond acceptors (Lipinski definition) is 2. The number of hydrogen-bond donors (Lipinski definition) is 0. The molecule has 1 aliphatic carbocycles. The number of fused-ring (bicyclic) bond motifs is 2. The van der Waals surface area contributed by atoms with Crippen LogP contribution < -0.4 is 0 Å². The topological polar surface area (TPSA) is 40.6 Å². The lowest BCUT2D eigenvalue weighted by atomic mass is 9.87. The van der Waals surface area contributed by atoms with Crippen LogP contribution in [0.3, 0.4) is 0 Å². The van der Waals surface area contributed by atoms with Crippen molar-refractivity contribution in [3.8, 4) is 62.1 Å². The summed E-state index contributed by atoms with van der Waals surface area (Å²) in [5.74, 6) is 1.87. The van der Waals surface area contributed by atoms with E-state index in [0.717, 1.165) is 74.7 Å². The molecule has 0 fully saturated rings. The van der Waals surface area contributed by atoms with Crippen molar-refractivity contribution in [2.75, 3.05) is 0 Å². The largest absolute Gasteiger partial charge is 0.309 e. The summed E-state index contributed by atoms with van der Waals surface area (Å²) in [5, 5.41) is 2.72. The molecule has 0 saturated heterocycles. The lowest BCUT2D eigenvalue weighted by molar-refractivity contribution is 0.970. The first kappa shape index (κ1) is 35.5. The molecule has 0 saturated carbocycles. The minimum atomic E-state index is 0.934. The zero-order chi connectivity index (χ0) is 41.4. The molecule has 12 aromatic rings. The van der Waals surface area contributed by atoms with Gasteiger partial charge < -0.3 is 4.57 Å². The van der Waals surface area contributed by atoms with Gasteiger partial charge in [0.05, 0.1) is 33.1 Å². The van der Waals surface area contributed by atoms with Crippen LogP contribution in [0, 0.1) is 0 Å². The summed E-state index contributed by atoms with van der Waals surface area (Å²) in [7, 11) is 0. The highest BCUT2D eigenvalue weighted by molar-refractivity contribution is 6.15. The first-order valence-corrected chi connectivity index (χ1v) is 21.7. The molecule has 13 rings (SSSR count). The molecule has 0 amide bonds. The first-order valence-electron chi connectivity index (χ1n) is 21.7. The second kappa shape index (κ2) is 14.2. The zero-order valence-electron chi connectivity index (χ0n) is 34.4. The Morgan fingerprint density at radius 1 is 0.286 bits per heavy atom. The fraction of sp³-hybridized carbons (Fsp3) is 0.0345. The van der Waals surface area contributed by atoms with Gasteiger partial charge in [0.25, 0.3) is 0 Å². The minimum Gasteiger partial charge on any atom is -0.309 e. The van der Waals surface area contributed by atoms with Gasteiger partial charge in [-0.25, -0.2) is 9.97 Å². The van der Waals surface area contributed by atoms with Crippen LogP contribution in [0.1, 0.15) is 11.1 Å². The minimum absolute atomic E-state index is 0.934. The van der Waals surface area contributed by atoms with Crippen LogP contribution in [-0.2, 0) is 12.8 Å². The molecule has 5 nitrogen and oxygen atoms in total. The molecule has 63 heavy (non-hydrogen) atoms. The van der Waals surface area contributed by atoms with Gasteiger partial charge in [-0.1, -0.05) is 127 Å². The van der Waals surface area contributed by atoms with Gasteiger partial charge in [0.1, 0.15) is 11.6 Å². The number of aromatic nitrogens is 5. The quantitative estimate of drug-likeness (QED) is 0.161. The monoisotopic (exact) mass is 805 g/mol. The second-order valence-corrected chi connectivity index (χ2v) is 16.6. The van der Waals surface area contributed by atoms with Crippen molar-refractivity contribution in [3.05, 3.63) is 223 Å². The highest BCUT2D eigenvalue weighted by atomic mass is 15.1. The molecular weight excluding hydrogens is 767 g/mol. The first-order chi connectivity index (χ1) is 31.2. The maximum absolute atomic E-state index is 5.21. The van der Waals surface area contributed by atoms with Gasteiger partial charge in [-0.05, 0) is 131 Å². The predicted molar refractivity (Wildman–Crippen MR) is 259 cm³/mol. The van der Waals surface area contributed by atoms with Crippen molar-refractivity contribution >= 4 is 43.9 Å². The molecule has 296 valence electrons. The third-order valence-electron chi connectivity index (χ3n) is 12.9. The van der Waals surface area contributed by atoms with E-state index in [-0.39, 0.29) is 0 Å². The Hall–Kier alpha value is -8.28. The fourth-order valence-corrected chi connectivity index (χ4v) is 10.1. The Bertz CT molecular complexity index is 3500. The Labute approximate surface area is 364 Å². The van der Waals surface area contributed by atoms with Crippen molar-refractivity contribution in [3.63, 3.8) is 0 Å². The molecule has 5 heteroatoms. The van der Waals surface area contributed by atoms with E-state index >= 15 is 0 Å². The molecule has 0 atom stereocenters. The normalized spacial score (nSPS) is 12.3. The van der Waals surface area contributed by atoms with Gasteiger partial charge in [-0.3, -0.25) is 9.13 Å². The summed E-state index contributed by atoms with van der Waals surface area (Å²) in [6.45, 7) is 0. The Morgan fingerprint density at radius 2 is 0.667 bits per heavy atom.